The number of methoxy groups -OCH3 is 2. The van der Waals surface area contributed by atoms with Crippen molar-refractivity contribution >= 4 is 11.9 Å². The van der Waals surface area contributed by atoms with Crippen molar-refractivity contribution in [1.29, 1.82) is 0 Å². The van der Waals surface area contributed by atoms with Crippen LogP contribution in [0.15, 0.2) is 18.2 Å². The molecule has 0 spiro atoms. The third-order valence-electron chi connectivity index (χ3n) is 3.84. The lowest BCUT2D eigenvalue weighted by Gasteiger charge is -2.26. The van der Waals surface area contributed by atoms with Crippen LogP contribution < -0.4 is 9.47 Å². The number of carbonyl (C=O) groups is 2. The molecule has 1 heterocycles. The molecule has 21 heavy (non-hydrogen) atoms. The van der Waals surface area contributed by atoms with Gasteiger partial charge in [-0.1, -0.05) is 6.07 Å². The second kappa shape index (κ2) is 6.03. The average molecular weight is 293 g/mol. The summed E-state index contributed by atoms with van der Waals surface area (Å²) >= 11 is 0. The average Bonchev–Trinajstić information content (AvgIpc) is 2.83. The van der Waals surface area contributed by atoms with Gasteiger partial charge in [0.1, 0.15) is 0 Å². The third-order valence-corrected chi connectivity index (χ3v) is 3.84. The molecule has 1 aromatic carbocycles. The Balaban J connectivity index is 2.45. The molecule has 1 fully saturated rings. The highest BCUT2D eigenvalue weighted by molar-refractivity contribution is 5.87. The first-order valence-corrected chi connectivity index (χ1v) is 6.77. The molecule has 0 aliphatic carbocycles. The van der Waals surface area contributed by atoms with Crippen LogP contribution in [-0.2, 0) is 9.59 Å². The van der Waals surface area contributed by atoms with Crippen molar-refractivity contribution in [3.8, 4) is 11.5 Å². The van der Waals surface area contributed by atoms with Gasteiger partial charge < -0.3 is 19.5 Å². The number of nitrogens with zero attached hydrogens (tertiary/aromatic N) is 1. The third kappa shape index (κ3) is 2.66. The molecule has 1 aliphatic rings. The zero-order valence-electron chi connectivity index (χ0n) is 12.3. The fourth-order valence-electron chi connectivity index (χ4n) is 2.83. The summed E-state index contributed by atoms with van der Waals surface area (Å²) in [5, 5.41) is 9.37. The Morgan fingerprint density at radius 1 is 1.33 bits per heavy atom. The molecule has 6 heteroatoms. The van der Waals surface area contributed by atoms with Gasteiger partial charge in [0.15, 0.2) is 11.5 Å². The highest BCUT2D eigenvalue weighted by atomic mass is 16.5. The van der Waals surface area contributed by atoms with E-state index in [1.54, 1.807) is 23.1 Å². The molecule has 1 amide bonds. The van der Waals surface area contributed by atoms with Gasteiger partial charge >= 0.3 is 5.97 Å². The van der Waals surface area contributed by atoms with E-state index in [4.69, 9.17) is 9.47 Å². The predicted octanol–water partition coefficient (Wildman–Crippen LogP) is 1.70. The Morgan fingerprint density at radius 2 is 2.00 bits per heavy atom. The largest absolute Gasteiger partial charge is 0.493 e. The molecule has 1 aliphatic heterocycles. The molecule has 6 nitrogen and oxygen atoms in total. The van der Waals surface area contributed by atoms with Crippen LogP contribution in [0.25, 0.3) is 0 Å². The van der Waals surface area contributed by atoms with Crippen LogP contribution in [0.5, 0.6) is 11.5 Å². The fraction of sp³-hybridized carbons (Fsp3) is 0.467. The summed E-state index contributed by atoms with van der Waals surface area (Å²) in [7, 11) is 3.06. The minimum absolute atomic E-state index is 0.0299. The molecule has 114 valence electrons. The Labute approximate surface area is 123 Å². The number of carbonyl (C=O) groups excluding carboxylic acids is 1. The van der Waals surface area contributed by atoms with Crippen LogP contribution in [0, 0.1) is 5.92 Å². The molecule has 1 saturated heterocycles. The van der Waals surface area contributed by atoms with Gasteiger partial charge in [0.25, 0.3) is 0 Å². The number of ether oxygens (including phenoxy) is 2. The SMILES string of the molecule is CCN1C(=O)C[C@H](C(=O)O)[C@H]1c1ccc(OC)c(OC)c1. The molecule has 0 unspecified atom stereocenters. The normalized spacial score (nSPS) is 21.5. The van der Waals surface area contributed by atoms with E-state index in [1.807, 2.05) is 6.92 Å². The van der Waals surface area contributed by atoms with Crippen molar-refractivity contribution < 1.29 is 24.2 Å². The van der Waals surface area contributed by atoms with Crippen molar-refractivity contribution in [2.75, 3.05) is 20.8 Å². The molecule has 0 aromatic heterocycles. The molecule has 1 aromatic rings. The Morgan fingerprint density at radius 3 is 2.52 bits per heavy atom. The van der Waals surface area contributed by atoms with Crippen molar-refractivity contribution in [3.63, 3.8) is 0 Å². The second-order valence-electron chi connectivity index (χ2n) is 4.89. The first-order valence-electron chi connectivity index (χ1n) is 6.77. The molecule has 2 rings (SSSR count). The topological polar surface area (TPSA) is 76.1 Å². The van der Waals surface area contributed by atoms with Crippen molar-refractivity contribution in [3.05, 3.63) is 23.8 Å². The number of hydrogen-bond donors (Lipinski definition) is 1. The van der Waals surface area contributed by atoms with E-state index >= 15 is 0 Å². The molecule has 0 radical (unpaired) electrons. The number of hydrogen-bond acceptors (Lipinski definition) is 4. The van der Waals surface area contributed by atoms with E-state index in [-0.39, 0.29) is 12.3 Å². The molecule has 1 N–H and O–H groups in total. The van der Waals surface area contributed by atoms with Crippen LogP contribution in [0.3, 0.4) is 0 Å². The Hall–Kier alpha value is -2.24. The standard InChI is InChI=1S/C15H19NO5/c1-4-16-13(17)8-10(15(18)19)14(16)9-5-6-11(20-2)12(7-9)21-3/h5-7,10,14H,4,8H2,1-3H3,(H,18,19)/t10-,14+/m0/s1. The number of amides is 1. The van der Waals surface area contributed by atoms with E-state index in [9.17, 15) is 14.7 Å². The number of rotatable bonds is 5. The maximum Gasteiger partial charge on any atom is 0.309 e. The summed E-state index contributed by atoms with van der Waals surface area (Å²) in [5.74, 6) is -0.741. The fourth-order valence-corrected chi connectivity index (χ4v) is 2.83. The molecule has 2 atom stereocenters. The summed E-state index contributed by atoms with van der Waals surface area (Å²) < 4.78 is 10.4. The lowest BCUT2D eigenvalue weighted by Crippen LogP contribution is -2.30. The minimum Gasteiger partial charge on any atom is -0.493 e. The lowest BCUT2D eigenvalue weighted by molar-refractivity contribution is -0.142. The maximum absolute atomic E-state index is 12.0. The van der Waals surface area contributed by atoms with Crippen LogP contribution in [-0.4, -0.2) is 42.6 Å². The summed E-state index contributed by atoms with van der Waals surface area (Å²) in [5.41, 5.74) is 0.743. The van der Waals surface area contributed by atoms with Gasteiger partial charge in [0.05, 0.1) is 26.2 Å². The summed E-state index contributed by atoms with van der Waals surface area (Å²) in [6.45, 7) is 2.32. The number of aliphatic carboxylic acids is 1. The van der Waals surface area contributed by atoms with Crippen LogP contribution >= 0.6 is 0 Å². The highest BCUT2D eigenvalue weighted by Crippen LogP contribution is 2.40. The van der Waals surface area contributed by atoms with Crippen molar-refractivity contribution in [1.82, 2.24) is 4.90 Å². The molecular formula is C15H19NO5. The molecule has 0 saturated carbocycles. The zero-order chi connectivity index (χ0) is 15.6. The molecular weight excluding hydrogens is 274 g/mol. The van der Waals surface area contributed by atoms with E-state index in [1.165, 1.54) is 14.2 Å². The quantitative estimate of drug-likeness (QED) is 0.894. The minimum atomic E-state index is -0.959. The summed E-state index contributed by atoms with van der Waals surface area (Å²) in [6.07, 6.45) is 0.0299. The Kier molecular flexibility index (Phi) is 4.35. The van der Waals surface area contributed by atoms with Gasteiger partial charge in [0, 0.05) is 13.0 Å². The number of likely N-dealkylation sites (tertiary alicyclic amines) is 1. The number of carboxylic acid groups (broad SMARTS) is 1. The number of benzene rings is 1. The first kappa shape index (κ1) is 15.2. The van der Waals surface area contributed by atoms with Gasteiger partial charge in [-0.15, -0.1) is 0 Å². The highest BCUT2D eigenvalue weighted by Gasteiger charge is 2.44. The zero-order valence-corrected chi connectivity index (χ0v) is 12.3. The maximum atomic E-state index is 12.0. The lowest BCUT2D eigenvalue weighted by atomic mass is 9.93. The van der Waals surface area contributed by atoms with E-state index in [0.29, 0.717) is 18.0 Å². The smallest absolute Gasteiger partial charge is 0.309 e. The predicted molar refractivity (Wildman–Crippen MR) is 75.4 cm³/mol. The van der Waals surface area contributed by atoms with Crippen molar-refractivity contribution in [2.24, 2.45) is 5.92 Å². The monoisotopic (exact) mass is 293 g/mol. The van der Waals surface area contributed by atoms with Gasteiger partial charge in [-0.2, -0.15) is 0 Å². The van der Waals surface area contributed by atoms with Crippen molar-refractivity contribution in [2.45, 2.75) is 19.4 Å². The number of carboxylic acids is 1. The second-order valence-corrected chi connectivity index (χ2v) is 4.89. The van der Waals surface area contributed by atoms with E-state index in [0.717, 1.165) is 5.56 Å². The molecule has 0 bridgehead atoms. The van der Waals surface area contributed by atoms with Crippen LogP contribution in [0.2, 0.25) is 0 Å². The summed E-state index contributed by atoms with van der Waals surface area (Å²) in [6, 6.07) is 4.77. The first-order chi connectivity index (χ1) is 10.0. The summed E-state index contributed by atoms with van der Waals surface area (Å²) in [4.78, 5) is 25.0. The van der Waals surface area contributed by atoms with Gasteiger partial charge in [-0.3, -0.25) is 9.59 Å². The van der Waals surface area contributed by atoms with E-state index in [2.05, 4.69) is 0 Å². The van der Waals surface area contributed by atoms with Crippen LogP contribution in [0.1, 0.15) is 24.9 Å². The van der Waals surface area contributed by atoms with E-state index < -0.39 is 17.9 Å². The van der Waals surface area contributed by atoms with Gasteiger partial charge in [-0.25, -0.2) is 0 Å². The van der Waals surface area contributed by atoms with Crippen LogP contribution in [0.4, 0.5) is 0 Å². The van der Waals surface area contributed by atoms with Gasteiger partial charge in [0.2, 0.25) is 5.91 Å². The van der Waals surface area contributed by atoms with Gasteiger partial charge in [-0.05, 0) is 24.6 Å². The Bertz CT molecular complexity index is 557.